The van der Waals surface area contributed by atoms with E-state index >= 15 is 0 Å². The molecular weight excluding hydrogens is 476 g/mol. The Labute approximate surface area is 202 Å². The summed E-state index contributed by atoms with van der Waals surface area (Å²) in [5, 5.41) is 14.0. The van der Waals surface area contributed by atoms with Gasteiger partial charge in [0.05, 0.1) is 30.1 Å². The monoisotopic (exact) mass is 502 g/mol. The fourth-order valence-corrected chi connectivity index (χ4v) is 6.48. The van der Waals surface area contributed by atoms with E-state index in [0.717, 1.165) is 22.3 Å². The Balaban J connectivity index is 1.41. The maximum Gasteiger partial charge on any atom is 0.407 e. The van der Waals surface area contributed by atoms with Gasteiger partial charge in [-0.1, -0.05) is 48.5 Å². The predicted octanol–water partition coefficient (Wildman–Crippen LogP) is 1.30. The molecule has 2 amide bonds. The number of fused-ring (bicyclic) bond motifs is 3. The average molecular weight is 503 g/mol. The van der Waals surface area contributed by atoms with Crippen molar-refractivity contribution in [2.24, 2.45) is 0 Å². The summed E-state index contributed by atoms with van der Waals surface area (Å²) >= 11 is 0. The summed E-state index contributed by atoms with van der Waals surface area (Å²) in [5.74, 6) is -2.93. The molecule has 0 bridgehead atoms. The minimum Gasteiger partial charge on any atom is -0.481 e. The lowest BCUT2D eigenvalue weighted by molar-refractivity contribution is -0.140. The van der Waals surface area contributed by atoms with E-state index in [2.05, 4.69) is 10.6 Å². The summed E-state index contributed by atoms with van der Waals surface area (Å²) in [5.41, 5.74) is 4.13. The average Bonchev–Trinajstić information content (AvgIpc) is 3.29. The third-order valence-electron chi connectivity index (χ3n) is 6.26. The van der Waals surface area contributed by atoms with Gasteiger partial charge in [0.25, 0.3) is 0 Å². The molecule has 1 saturated heterocycles. The number of carboxylic acids is 1. The lowest BCUT2D eigenvalue weighted by atomic mass is 9.98. The molecule has 1 heterocycles. The third kappa shape index (κ3) is 5.46. The number of rotatable bonds is 8. The third-order valence-corrected chi connectivity index (χ3v) is 7.97. The molecule has 10 nitrogen and oxygen atoms in total. The van der Waals surface area contributed by atoms with Gasteiger partial charge >= 0.3 is 12.1 Å². The molecule has 2 aliphatic rings. The van der Waals surface area contributed by atoms with E-state index in [-0.39, 0.29) is 24.0 Å². The van der Waals surface area contributed by atoms with E-state index in [1.54, 1.807) is 0 Å². The highest BCUT2D eigenvalue weighted by atomic mass is 32.2. The standard InChI is InChI=1S/C24H26N2O8S/c1-33-21-13-35(31,32)12-20(21)25-23(29)19(10-22(27)28)26-24(30)34-11-18-16-8-4-2-6-14(16)15-7-3-5-9-17(15)18/h2-9,18-21H,10-13H2,1H3,(H,25,29)(H,26,30)(H,27,28). The van der Waals surface area contributed by atoms with Crippen molar-refractivity contribution in [3.63, 3.8) is 0 Å². The smallest absolute Gasteiger partial charge is 0.407 e. The Morgan fingerprint density at radius 2 is 1.63 bits per heavy atom. The minimum absolute atomic E-state index is 0.00606. The van der Waals surface area contributed by atoms with Crippen LogP contribution in [0.4, 0.5) is 4.79 Å². The van der Waals surface area contributed by atoms with Crippen LogP contribution in [0.3, 0.4) is 0 Å². The molecule has 1 fully saturated rings. The molecule has 2 aromatic rings. The van der Waals surface area contributed by atoms with Crippen molar-refractivity contribution in [2.45, 2.75) is 30.5 Å². The van der Waals surface area contributed by atoms with Crippen molar-refractivity contribution in [1.82, 2.24) is 10.6 Å². The summed E-state index contributed by atoms with van der Waals surface area (Å²) in [7, 11) is -2.08. The Hall–Kier alpha value is -3.44. The first-order chi connectivity index (χ1) is 16.7. The second kappa shape index (κ2) is 10.0. The zero-order valence-corrected chi connectivity index (χ0v) is 19.8. The lowest BCUT2D eigenvalue weighted by Gasteiger charge is -2.22. The number of aliphatic carboxylic acids is 1. The molecule has 1 aliphatic heterocycles. The predicted molar refractivity (Wildman–Crippen MR) is 126 cm³/mol. The molecule has 3 unspecified atom stereocenters. The number of amides is 2. The topological polar surface area (TPSA) is 148 Å². The summed E-state index contributed by atoms with van der Waals surface area (Å²) < 4.78 is 34.3. The molecule has 3 N–H and O–H groups in total. The van der Waals surface area contributed by atoms with Crippen molar-refractivity contribution >= 4 is 27.8 Å². The number of benzene rings is 2. The van der Waals surface area contributed by atoms with Crippen LogP contribution in [0.25, 0.3) is 11.1 Å². The van der Waals surface area contributed by atoms with Crippen molar-refractivity contribution in [3.05, 3.63) is 59.7 Å². The molecule has 0 saturated carbocycles. The quantitative estimate of drug-likeness (QED) is 0.489. The van der Waals surface area contributed by atoms with Crippen molar-refractivity contribution in [1.29, 1.82) is 0 Å². The van der Waals surface area contributed by atoms with Gasteiger partial charge in [-0.2, -0.15) is 0 Å². The van der Waals surface area contributed by atoms with Gasteiger partial charge < -0.3 is 25.2 Å². The van der Waals surface area contributed by atoms with Gasteiger partial charge in [0, 0.05) is 13.0 Å². The van der Waals surface area contributed by atoms with Crippen molar-refractivity contribution in [2.75, 3.05) is 25.2 Å². The first-order valence-corrected chi connectivity index (χ1v) is 12.9. The van der Waals surface area contributed by atoms with Crippen LogP contribution < -0.4 is 10.6 Å². The summed E-state index contributed by atoms with van der Waals surface area (Å²) in [6.07, 6.45) is -2.41. The molecule has 0 aromatic heterocycles. The SMILES string of the molecule is COC1CS(=O)(=O)CC1NC(=O)C(CC(=O)O)NC(=O)OCC1c2ccccc2-c2ccccc21. The molecule has 3 atom stereocenters. The van der Waals surface area contributed by atoms with E-state index in [1.165, 1.54) is 7.11 Å². The van der Waals surface area contributed by atoms with Crippen LogP contribution in [0.5, 0.6) is 0 Å². The van der Waals surface area contributed by atoms with E-state index in [9.17, 15) is 27.9 Å². The largest absolute Gasteiger partial charge is 0.481 e. The maximum atomic E-state index is 12.7. The number of sulfone groups is 1. The number of hydrogen-bond donors (Lipinski definition) is 3. The second-order valence-corrected chi connectivity index (χ2v) is 10.7. The van der Waals surface area contributed by atoms with Crippen LogP contribution in [0, 0.1) is 0 Å². The number of carbonyl (C=O) groups excluding carboxylic acids is 2. The van der Waals surface area contributed by atoms with Crippen LogP contribution in [-0.2, 0) is 28.9 Å². The van der Waals surface area contributed by atoms with E-state index in [4.69, 9.17) is 9.47 Å². The summed E-state index contributed by atoms with van der Waals surface area (Å²) in [6, 6.07) is 13.3. The Morgan fingerprint density at radius 3 is 2.20 bits per heavy atom. The first-order valence-electron chi connectivity index (χ1n) is 11.1. The maximum absolute atomic E-state index is 12.7. The molecule has 0 spiro atoms. The van der Waals surface area contributed by atoms with E-state index in [1.807, 2.05) is 48.5 Å². The minimum atomic E-state index is -3.41. The first kappa shape index (κ1) is 24.7. The van der Waals surface area contributed by atoms with Crippen LogP contribution in [0.1, 0.15) is 23.5 Å². The zero-order valence-electron chi connectivity index (χ0n) is 19.0. The van der Waals surface area contributed by atoms with Gasteiger partial charge in [0.1, 0.15) is 12.6 Å². The molecule has 1 aliphatic carbocycles. The van der Waals surface area contributed by atoms with Crippen molar-refractivity contribution < 1.29 is 37.4 Å². The van der Waals surface area contributed by atoms with Crippen molar-refractivity contribution in [3.8, 4) is 11.1 Å². The van der Waals surface area contributed by atoms with Crippen LogP contribution >= 0.6 is 0 Å². The zero-order chi connectivity index (χ0) is 25.2. The Morgan fingerprint density at radius 1 is 1.03 bits per heavy atom. The van der Waals surface area contributed by atoms with Crippen LogP contribution in [0.2, 0.25) is 0 Å². The molecule has 0 radical (unpaired) electrons. The van der Waals surface area contributed by atoms with Gasteiger partial charge in [-0.25, -0.2) is 13.2 Å². The second-order valence-electron chi connectivity index (χ2n) is 8.59. The number of alkyl carbamates (subject to hydrolysis) is 1. The molecule has 2 aromatic carbocycles. The van der Waals surface area contributed by atoms with Crippen LogP contribution in [0.15, 0.2) is 48.5 Å². The van der Waals surface area contributed by atoms with Gasteiger partial charge in [0.2, 0.25) is 5.91 Å². The van der Waals surface area contributed by atoms with Gasteiger partial charge in [-0.05, 0) is 22.3 Å². The lowest BCUT2D eigenvalue weighted by Crippen LogP contribution is -2.53. The molecule has 11 heteroatoms. The van der Waals surface area contributed by atoms with Gasteiger partial charge in [-0.15, -0.1) is 0 Å². The number of hydrogen-bond acceptors (Lipinski definition) is 7. The van der Waals surface area contributed by atoms with Crippen LogP contribution in [-0.4, -0.2) is 74.9 Å². The molecule has 186 valence electrons. The van der Waals surface area contributed by atoms with Gasteiger partial charge in [-0.3, -0.25) is 9.59 Å². The number of nitrogens with one attached hydrogen (secondary N) is 2. The highest BCUT2D eigenvalue weighted by Gasteiger charge is 2.40. The Bertz CT molecular complexity index is 1200. The van der Waals surface area contributed by atoms with Gasteiger partial charge in [0.15, 0.2) is 9.84 Å². The number of carboxylic acid groups (broad SMARTS) is 1. The molecular formula is C24H26N2O8S. The molecule has 35 heavy (non-hydrogen) atoms. The Kier molecular flexibility index (Phi) is 7.08. The highest BCUT2D eigenvalue weighted by molar-refractivity contribution is 7.91. The van der Waals surface area contributed by atoms with E-state index < -0.39 is 52.4 Å². The highest BCUT2D eigenvalue weighted by Crippen LogP contribution is 2.44. The number of methoxy groups -OCH3 is 1. The fourth-order valence-electron chi connectivity index (χ4n) is 4.63. The summed E-state index contributed by atoms with van der Waals surface area (Å²) in [6.45, 7) is -0.00606. The molecule has 4 rings (SSSR count). The fraction of sp³-hybridized carbons (Fsp3) is 0.375. The van der Waals surface area contributed by atoms with E-state index in [0.29, 0.717) is 0 Å². The summed E-state index contributed by atoms with van der Waals surface area (Å²) in [4.78, 5) is 36.6. The number of ether oxygens (including phenoxy) is 2. The number of carbonyl (C=O) groups is 3. The normalized spacial score (nSPS) is 20.9.